The molecule has 4 nitrogen and oxygen atoms in total. The largest absolute Gasteiger partial charge is 0.507 e. The quantitative estimate of drug-likeness (QED) is 0.433. The van der Waals surface area contributed by atoms with Gasteiger partial charge in [-0.1, -0.05) is 37.3 Å². The van der Waals surface area contributed by atoms with Gasteiger partial charge in [0, 0.05) is 16.5 Å². The first-order valence-corrected chi connectivity index (χ1v) is 9.88. The van der Waals surface area contributed by atoms with Crippen molar-refractivity contribution in [1.82, 2.24) is 4.98 Å². The third-order valence-corrected chi connectivity index (χ3v) is 5.97. The first-order valence-electron chi connectivity index (χ1n) is 9.88. The molecule has 0 unspecified atom stereocenters. The fraction of sp³-hybridized carbons (Fsp3) is 0.160. The van der Waals surface area contributed by atoms with Crippen LogP contribution in [0.15, 0.2) is 54.6 Å². The zero-order valence-corrected chi connectivity index (χ0v) is 16.1. The smallest absolute Gasteiger partial charge is 0.339 e. The Morgan fingerprint density at radius 2 is 1.76 bits per heavy atom. The summed E-state index contributed by atoms with van der Waals surface area (Å²) in [4.78, 5) is 14.8. The maximum atomic E-state index is 11.3. The number of carboxylic acid groups (broad SMARTS) is 1. The van der Waals surface area contributed by atoms with Gasteiger partial charge in [0.05, 0.1) is 5.69 Å². The van der Waals surface area contributed by atoms with Crippen LogP contribution in [-0.2, 0) is 19.3 Å². The predicted molar refractivity (Wildman–Crippen MR) is 115 cm³/mol. The molecule has 0 aliphatic heterocycles. The lowest BCUT2D eigenvalue weighted by Crippen LogP contribution is -2.06. The highest BCUT2D eigenvalue weighted by molar-refractivity contribution is 5.97. The summed E-state index contributed by atoms with van der Waals surface area (Å²) < 4.78 is 0. The second-order valence-corrected chi connectivity index (χ2v) is 7.62. The van der Waals surface area contributed by atoms with Crippen molar-refractivity contribution in [2.45, 2.75) is 26.2 Å². The minimum absolute atomic E-state index is 0.0406. The van der Waals surface area contributed by atoms with E-state index in [-0.39, 0.29) is 11.3 Å². The van der Waals surface area contributed by atoms with Gasteiger partial charge < -0.3 is 15.2 Å². The van der Waals surface area contributed by atoms with Gasteiger partial charge in [-0.15, -0.1) is 0 Å². The molecule has 1 aliphatic carbocycles. The molecule has 0 amide bonds. The Kier molecular flexibility index (Phi) is 3.95. The van der Waals surface area contributed by atoms with Gasteiger partial charge in [0.25, 0.3) is 0 Å². The van der Waals surface area contributed by atoms with Crippen LogP contribution >= 0.6 is 0 Å². The molecule has 3 aromatic carbocycles. The van der Waals surface area contributed by atoms with E-state index in [1.54, 1.807) is 12.1 Å². The SMILES string of the molecule is CCc1ccc(-c2ccc3[nH]c4c(c3c2)CCc2cc(C(=O)O)c(O)cc2-4)cc1. The molecule has 3 N–H and O–H groups in total. The Hall–Kier alpha value is -3.53. The number of nitrogens with one attached hydrogen (secondary N) is 1. The van der Waals surface area contributed by atoms with Gasteiger partial charge in [-0.25, -0.2) is 4.79 Å². The molecule has 1 aromatic heterocycles. The molecule has 0 atom stereocenters. The van der Waals surface area contributed by atoms with Crippen molar-refractivity contribution in [3.63, 3.8) is 0 Å². The number of carbonyl (C=O) groups is 1. The van der Waals surface area contributed by atoms with Gasteiger partial charge in [-0.3, -0.25) is 0 Å². The molecule has 1 heterocycles. The minimum Gasteiger partial charge on any atom is -0.507 e. The van der Waals surface area contributed by atoms with Gasteiger partial charge in [-0.05, 0) is 71.3 Å². The van der Waals surface area contributed by atoms with Crippen molar-refractivity contribution in [1.29, 1.82) is 0 Å². The van der Waals surface area contributed by atoms with E-state index in [2.05, 4.69) is 54.4 Å². The fourth-order valence-corrected chi connectivity index (χ4v) is 4.35. The number of aromatic hydroxyl groups is 1. The van der Waals surface area contributed by atoms with Crippen LogP contribution < -0.4 is 0 Å². The number of phenols is 1. The molecule has 0 spiro atoms. The molecule has 4 aromatic rings. The molecule has 5 rings (SSSR count). The highest BCUT2D eigenvalue weighted by Crippen LogP contribution is 2.41. The third-order valence-electron chi connectivity index (χ3n) is 5.97. The summed E-state index contributed by atoms with van der Waals surface area (Å²) in [5.41, 5.74) is 8.75. The summed E-state index contributed by atoms with van der Waals surface area (Å²) in [6, 6.07) is 18.3. The summed E-state index contributed by atoms with van der Waals surface area (Å²) in [7, 11) is 0. The van der Waals surface area contributed by atoms with Crippen LogP contribution in [0.1, 0.15) is 34.0 Å². The Bertz CT molecular complexity index is 1270. The summed E-state index contributed by atoms with van der Waals surface area (Å²) in [5, 5.41) is 20.6. The number of carboxylic acids is 1. The molecule has 1 aliphatic rings. The van der Waals surface area contributed by atoms with Gasteiger partial charge in [0.1, 0.15) is 11.3 Å². The number of benzene rings is 3. The Morgan fingerprint density at radius 1 is 1.00 bits per heavy atom. The van der Waals surface area contributed by atoms with Crippen LogP contribution in [0.4, 0.5) is 0 Å². The van der Waals surface area contributed by atoms with Crippen LogP contribution in [0.3, 0.4) is 0 Å². The van der Waals surface area contributed by atoms with Gasteiger partial charge in [0.2, 0.25) is 0 Å². The van der Waals surface area contributed by atoms with Gasteiger partial charge in [-0.2, -0.15) is 0 Å². The highest BCUT2D eigenvalue weighted by Gasteiger charge is 2.24. The van der Waals surface area contributed by atoms with Crippen molar-refractivity contribution in [3.05, 3.63) is 76.9 Å². The lowest BCUT2D eigenvalue weighted by molar-refractivity contribution is 0.0693. The molecular formula is C25H21NO3. The van der Waals surface area contributed by atoms with E-state index in [0.29, 0.717) is 0 Å². The Morgan fingerprint density at radius 3 is 2.48 bits per heavy atom. The minimum atomic E-state index is -1.11. The summed E-state index contributed by atoms with van der Waals surface area (Å²) >= 11 is 0. The number of aromatic nitrogens is 1. The zero-order chi connectivity index (χ0) is 20.1. The first-order chi connectivity index (χ1) is 14.0. The van der Waals surface area contributed by atoms with Crippen molar-refractivity contribution >= 4 is 16.9 Å². The summed E-state index contributed by atoms with van der Waals surface area (Å²) in [5.74, 6) is -1.30. The summed E-state index contributed by atoms with van der Waals surface area (Å²) in [6.07, 6.45) is 2.62. The third kappa shape index (κ3) is 2.80. The second kappa shape index (κ2) is 6.52. The van der Waals surface area contributed by atoms with Crippen LogP contribution in [-0.4, -0.2) is 21.2 Å². The monoisotopic (exact) mass is 383 g/mol. The number of hydrogen-bond donors (Lipinski definition) is 3. The Labute approximate surface area is 168 Å². The number of hydrogen-bond acceptors (Lipinski definition) is 2. The number of aromatic carboxylic acids is 1. The van der Waals surface area contributed by atoms with Crippen LogP contribution in [0.2, 0.25) is 0 Å². The molecule has 29 heavy (non-hydrogen) atoms. The van der Waals surface area contributed by atoms with E-state index in [1.807, 2.05) is 0 Å². The Balaban J connectivity index is 1.64. The molecular weight excluding hydrogens is 362 g/mol. The lowest BCUT2D eigenvalue weighted by atomic mass is 9.87. The average Bonchev–Trinajstić information content (AvgIpc) is 3.11. The maximum absolute atomic E-state index is 11.3. The van der Waals surface area contributed by atoms with Crippen molar-refractivity contribution in [2.75, 3.05) is 0 Å². The van der Waals surface area contributed by atoms with E-state index in [4.69, 9.17) is 0 Å². The number of aryl methyl sites for hydroxylation is 3. The van der Waals surface area contributed by atoms with Crippen LogP contribution in [0.25, 0.3) is 33.3 Å². The number of aromatic amines is 1. The molecule has 0 fully saturated rings. The van der Waals surface area contributed by atoms with Crippen molar-refractivity contribution in [2.24, 2.45) is 0 Å². The first kappa shape index (κ1) is 17.6. The van der Waals surface area contributed by atoms with Crippen molar-refractivity contribution < 1.29 is 15.0 Å². The highest BCUT2D eigenvalue weighted by atomic mass is 16.4. The fourth-order valence-electron chi connectivity index (χ4n) is 4.35. The van der Waals surface area contributed by atoms with Gasteiger partial charge in [0.15, 0.2) is 0 Å². The normalized spacial score (nSPS) is 12.6. The number of fused-ring (bicyclic) bond motifs is 5. The van der Waals surface area contributed by atoms with E-state index >= 15 is 0 Å². The average molecular weight is 383 g/mol. The second-order valence-electron chi connectivity index (χ2n) is 7.62. The van der Waals surface area contributed by atoms with Gasteiger partial charge >= 0.3 is 5.97 Å². The van der Waals surface area contributed by atoms with E-state index in [9.17, 15) is 15.0 Å². The topological polar surface area (TPSA) is 73.3 Å². The number of H-pyrrole nitrogens is 1. The standard InChI is InChI=1S/C25H21NO3/c1-2-14-3-5-15(6-4-14)16-8-10-22-20(11-16)18-9-7-17-12-21(25(28)29)23(27)13-19(17)24(18)26-22/h3-6,8,10-13,26-27H,2,7,9H2,1H3,(H,28,29). The molecule has 0 radical (unpaired) electrons. The molecule has 0 bridgehead atoms. The predicted octanol–water partition coefficient (Wildman–Crippen LogP) is 5.57. The van der Waals surface area contributed by atoms with Crippen LogP contribution in [0.5, 0.6) is 5.75 Å². The van der Waals surface area contributed by atoms with E-state index < -0.39 is 5.97 Å². The van der Waals surface area contributed by atoms with Crippen LogP contribution in [0, 0.1) is 0 Å². The molecule has 144 valence electrons. The zero-order valence-electron chi connectivity index (χ0n) is 16.1. The number of rotatable bonds is 3. The van der Waals surface area contributed by atoms with Crippen molar-refractivity contribution in [3.8, 4) is 28.1 Å². The lowest BCUT2D eigenvalue weighted by Gasteiger charge is -2.18. The molecule has 4 heteroatoms. The van der Waals surface area contributed by atoms with E-state index in [1.165, 1.54) is 27.6 Å². The van der Waals surface area contributed by atoms with E-state index in [0.717, 1.165) is 41.6 Å². The molecule has 0 saturated heterocycles. The molecule has 0 saturated carbocycles. The summed E-state index contributed by atoms with van der Waals surface area (Å²) in [6.45, 7) is 2.15. The maximum Gasteiger partial charge on any atom is 0.339 e.